The van der Waals surface area contributed by atoms with Crippen molar-refractivity contribution < 1.29 is 14.3 Å². The topological polar surface area (TPSA) is 79.5 Å². The van der Waals surface area contributed by atoms with Crippen molar-refractivity contribution in [2.75, 3.05) is 25.5 Å². The maximum absolute atomic E-state index is 13.2. The zero-order valence-electron chi connectivity index (χ0n) is 20.6. The van der Waals surface area contributed by atoms with E-state index in [-0.39, 0.29) is 11.8 Å². The number of aryl methyl sites for hydroxylation is 1. The van der Waals surface area contributed by atoms with E-state index in [9.17, 15) is 9.59 Å². The molecule has 0 fully saturated rings. The molecule has 0 bridgehead atoms. The Morgan fingerprint density at radius 1 is 0.861 bits per heavy atom. The first-order valence-corrected chi connectivity index (χ1v) is 12.0. The maximum atomic E-state index is 13.2. The number of carbonyl (C=O) groups is 2. The van der Waals surface area contributed by atoms with Crippen LogP contribution < -0.4 is 20.7 Å². The van der Waals surface area contributed by atoms with E-state index in [1.165, 1.54) is 0 Å². The third-order valence-corrected chi connectivity index (χ3v) is 6.05. The predicted octanol–water partition coefficient (Wildman–Crippen LogP) is 4.73. The van der Waals surface area contributed by atoms with Gasteiger partial charge in [-0.3, -0.25) is 9.59 Å². The Morgan fingerprint density at radius 3 is 2.39 bits per heavy atom. The molecule has 4 rings (SSSR count). The predicted molar refractivity (Wildman–Crippen MR) is 145 cm³/mol. The van der Waals surface area contributed by atoms with E-state index in [4.69, 9.17) is 4.74 Å². The molecule has 2 amide bonds. The van der Waals surface area contributed by atoms with Gasteiger partial charge in [-0.05, 0) is 59.7 Å². The van der Waals surface area contributed by atoms with E-state index in [0.717, 1.165) is 33.3 Å². The fourth-order valence-corrected chi connectivity index (χ4v) is 4.15. The Bertz CT molecular complexity index is 1330. The van der Waals surface area contributed by atoms with Crippen LogP contribution in [0.2, 0.25) is 0 Å². The van der Waals surface area contributed by atoms with E-state index in [0.29, 0.717) is 25.1 Å². The zero-order chi connectivity index (χ0) is 25.3. The lowest BCUT2D eigenvalue weighted by Gasteiger charge is -2.20. The lowest BCUT2D eigenvalue weighted by atomic mass is 9.98. The average Bonchev–Trinajstić information content (AvgIpc) is 2.91. The molecule has 0 saturated carbocycles. The first-order valence-electron chi connectivity index (χ1n) is 12.0. The molecule has 0 aliphatic carbocycles. The van der Waals surface area contributed by atoms with Gasteiger partial charge in [-0.1, -0.05) is 60.2 Å². The summed E-state index contributed by atoms with van der Waals surface area (Å²) in [5, 5.41) is 11.4. The summed E-state index contributed by atoms with van der Waals surface area (Å²) in [7, 11) is 1.63. The lowest BCUT2D eigenvalue weighted by Crippen LogP contribution is -2.48. The average molecular weight is 482 g/mol. The number of hydrogen-bond donors (Lipinski definition) is 3. The van der Waals surface area contributed by atoms with Crippen molar-refractivity contribution in [2.24, 2.45) is 0 Å². The largest absolute Gasteiger partial charge is 0.497 e. The first kappa shape index (κ1) is 24.8. The number of ether oxygens (including phenoxy) is 1. The number of rotatable bonds is 10. The molecule has 0 heterocycles. The monoisotopic (exact) mass is 481 g/mol. The fourth-order valence-electron chi connectivity index (χ4n) is 4.15. The molecule has 1 atom stereocenters. The van der Waals surface area contributed by atoms with Gasteiger partial charge in [-0.25, -0.2) is 0 Å². The van der Waals surface area contributed by atoms with Crippen LogP contribution in [0.3, 0.4) is 0 Å². The van der Waals surface area contributed by atoms with Crippen molar-refractivity contribution in [3.63, 3.8) is 0 Å². The van der Waals surface area contributed by atoms with E-state index < -0.39 is 6.04 Å². The summed E-state index contributed by atoms with van der Waals surface area (Å²) in [6, 6.07) is 28.3. The Hall–Kier alpha value is -4.32. The number of methoxy groups -OCH3 is 1. The van der Waals surface area contributed by atoms with Gasteiger partial charge in [0.25, 0.3) is 5.91 Å². The second kappa shape index (κ2) is 11.9. The van der Waals surface area contributed by atoms with Gasteiger partial charge in [0.1, 0.15) is 11.8 Å². The van der Waals surface area contributed by atoms with Crippen LogP contribution in [0.25, 0.3) is 10.8 Å². The number of anilines is 1. The molecular formula is C30H31N3O3. The van der Waals surface area contributed by atoms with Gasteiger partial charge < -0.3 is 20.7 Å². The smallest absolute Gasteiger partial charge is 0.251 e. The van der Waals surface area contributed by atoms with Crippen LogP contribution in [-0.4, -0.2) is 38.1 Å². The van der Waals surface area contributed by atoms with Crippen LogP contribution in [0.15, 0.2) is 91.0 Å². The molecule has 0 aromatic heterocycles. The van der Waals surface area contributed by atoms with Crippen LogP contribution in [-0.2, 0) is 11.2 Å². The number of hydrogen-bond acceptors (Lipinski definition) is 4. The number of benzene rings is 4. The lowest BCUT2D eigenvalue weighted by molar-refractivity contribution is -0.122. The molecule has 6 nitrogen and oxygen atoms in total. The van der Waals surface area contributed by atoms with Crippen molar-refractivity contribution in [3.05, 3.63) is 108 Å². The van der Waals surface area contributed by atoms with Crippen molar-refractivity contribution in [3.8, 4) is 5.75 Å². The van der Waals surface area contributed by atoms with Gasteiger partial charge in [0.15, 0.2) is 0 Å². The Morgan fingerprint density at radius 2 is 1.61 bits per heavy atom. The Balaban J connectivity index is 1.45. The second-order valence-corrected chi connectivity index (χ2v) is 8.68. The molecule has 0 saturated heterocycles. The molecule has 3 N–H and O–H groups in total. The van der Waals surface area contributed by atoms with Crippen LogP contribution in [0.4, 0.5) is 5.69 Å². The van der Waals surface area contributed by atoms with E-state index in [1.807, 2.05) is 91.9 Å². The molecule has 0 radical (unpaired) electrons. The van der Waals surface area contributed by atoms with Crippen LogP contribution in [0.5, 0.6) is 5.75 Å². The minimum absolute atomic E-state index is 0.222. The number of carbonyl (C=O) groups excluding carboxylic acids is 2. The minimum atomic E-state index is -0.718. The number of nitrogens with one attached hydrogen (secondary N) is 3. The summed E-state index contributed by atoms with van der Waals surface area (Å²) >= 11 is 0. The minimum Gasteiger partial charge on any atom is -0.497 e. The summed E-state index contributed by atoms with van der Waals surface area (Å²) in [5.74, 6) is 0.297. The van der Waals surface area contributed by atoms with Gasteiger partial charge in [-0.15, -0.1) is 0 Å². The standard InChI is InChI=1S/C30H31N3O3/c1-21-7-5-11-24(19-21)29(34)33-28(20-23-10-6-9-22-8-3-4-12-27(22)23)30(35)32-18-17-31-25-13-15-26(36-2)16-14-25/h3-16,19,28,31H,17-18,20H2,1-2H3,(H,32,35)(H,33,34)/t28-/m0/s1. The van der Waals surface area contributed by atoms with Crippen molar-refractivity contribution in [1.82, 2.24) is 10.6 Å². The molecule has 4 aromatic rings. The van der Waals surface area contributed by atoms with Crippen LogP contribution in [0, 0.1) is 6.92 Å². The molecule has 0 aliphatic rings. The molecule has 0 spiro atoms. The van der Waals surface area contributed by atoms with Crippen molar-refractivity contribution in [1.29, 1.82) is 0 Å². The highest BCUT2D eigenvalue weighted by atomic mass is 16.5. The highest BCUT2D eigenvalue weighted by molar-refractivity contribution is 5.98. The molecule has 4 aromatic carbocycles. The highest BCUT2D eigenvalue weighted by Gasteiger charge is 2.22. The maximum Gasteiger partial charge on any atom is 0.251 e. The van der Waals surface area contributed by atoms with Gasteiger partial charge in [-0.2, -0.15) is 0 Å². The van der Waals surface area contributed by atoms with Gasteiger partial charge in [0.2, 0.25) is 5.91 Å². The van der Waals surface area contributed by atoms with Crippen LogP contribution in [0.1, 0.15) is 21.5 Å². The third-order valence-electron chi connectivity index (χ3n) is 6.05. The quantitative estimate of drug-likeness (QED) is 0.286. The summed E-state index contributed by atoms with van der Waals surface area (Å²) < 4.78 is 5.18. The Labute approximate surface area is 211 Å². The first-order chi connectivity index (χ1) is 17.5. The normalized spacial score (nSPS) is 11.5. The van der Waals surface area contributed by atoms with E-state index in [1.54, 1.807) is 13.2 Å². The summed E-state index contributed by atoms with van der Waals surface area (Å²) in [4.78, 5) is 26.3. The van der Waals surface area contributed by atoms with Crippen molar-refractivity contribution in [2.45, 2.75) is 19.4 Å². The molecule has 6 heteroatoms. The zero-order valence-corrected chi connectivity index (χ0v) is 20.6. The molecular weight excluding hydrogens is 450 g/mol. The van der Waals surface area contributed by atoms with E-state index in [2.05, 4.69) is 16.0 Å². The molecule has 36 heavy (non-hydrogen) atoms. The second-order valence-electron chi connectivity index (χ2n) is 8.68. The Kier molecular flexibility index (Phi) is 8.19. The fraction of sp³-hybridized carbons (Fsp3) is 0.200. The van der Waals surface area contributed by atoms with Gasteiger partial charge in [0, 0.05) is 30.8 Å². The summed E-state index contributed by atoms with van der Waals surface area (Å²) in [6.07, 6.45) is 0.386. The van der Waals surface area contributed by atoms with Gasteiger partial charge >= 0.3 is 0 Å². The summed E-state index contributed by atoms with van der Waals surface area (Å²) in [5.41, 5.74) is 3.47. The highest BCUT2D eigenvalue weighted by Crippen LogP contribution is 2.20. The molecule has 0 aliphatic heterocycles. The SMILES string of the molecule is COc1ccc(NCCNC(=O)[C@H](Cc2cccc3ccccc23)NC(=O)c2cccc(C)c2)cc1. The number of amides is 2. The molecule has 184 valence electrons. The summed E-state index contributed by atoms with van der Waals surface area (Å²) in [6.45, 7) is 2.90. The van der Waals surface area contributed by atoms with Crippen LogP contribution >= 0.6 is 0 Å². The van der Waals surface area contributed by atoms with Crippen molar-refractivity contribution >= 4 is 28.3 Å². The van der Waals surface area contributed by atoms with E-state index >= 15 is 0 Å². The van der Waals surface area contributed by atoms with Gasteiger partial charge in [0.05, 0.1) is 7.11 Å². The third kappa shape index (κ3) is 6.42. The number of fused-ring (bicyclic) bond motifs is 1. The molecule has 0 unspecified atom stereocenters.